The molecule has 2 heterocycles. The fourth-order valence-electron chi connectivity index (χ4n) is 3.51. The highest BCUT2D eigenvalue weighted by atomic mass is 16.6. The molecule has 140 valence electrons. The molecule has 8 nitrogen and oxygen atoms in total. The second-order valence-electron chi connectivity index (χ2n) is 6.60. The second-order valence-corrected chi connectivity index (χ2v) is 6.60. The zero-order valence-electron chi connectivity index (χ0n) is 14.5. The summed E-state index contributed by atoms with van der Waals surface area (Å²) in [5.74, 6) is -1.02. The Morgan fingerprint density at radius 2 is 1.85 bits per heavy atom. The Balaban J connectivity index is 1.60. The molecule has 2 fully saturated rings. The molecule has 0 aromatic heterocycles. The number of carbonyl (C=O) groups excluding carboxylic acids is 2. The van der Waals surface area contributed by atoms with Gasteiger partial charge in [0.25, 0.3) is 0 Å². The largest absolute Gasteiger partial charge is 0.479 e. The number of carbonyl (C=O) groups is 3. The molecule has 0 unspecified atom stereocenters. The van der Waals surface area contributed by atoms with Crippen LogP contribution in [0.4, 0.5) is 9.59 Å². The quantitative estimate of drug-likeness (QED) is 0.850. The summed E-state index contributed by atoms with van der Waals surface area (Å²) in [6.45, 7) is 1.63. The van der Waals surface area contributed by atoms with Gasteiger partial charge in [0.1, 0.15) is 12.1 Å². The molecule has 1 aromatic rings. The molecule has 0 bridgehead atoms. The maximum Gasteiger partial charge on any atom is 0.410 e. The molecule has 0 atom stereocenters. The fraction of sp³-hybridized carbons (Fsp3) is 0.500. The van der Waals surface area contributed by atoms with Crippen molar-refractivity contribution in [3.63, 3.8) is 0 Å². The van der Waals surface area contributed by atoms with Crippen LogP contribution >= 0.6 is 0 Å². The molecule has 2 N–H and O–H groups in total. The van der Waals surface area contributed by atoms with E-state index in [-0.39, 0.29) is 38.6 Å². The highest BCUT2D eigenvalue weighted by Gasteiger charge is 2.49. The van der Waals surface area contributed by atoms with Gasteiger partial charge in [-0.25, -0.2) is 14.4 Å². The van der Waals surface area contributed by atoms with Crippen molar-refractivity contribution in [2.24, 2.45) is 0 Å². The smallest absolute Gasteiger partial charge is 0.410 e. The van der Waals surface area contributed by atoms with Crippen LogP contribution in [0.5, 0.6) is 0 Å². The van der Waals surface area contributed by atoms with E-state index in [1.54, 1.807) is 0 Å². The van der Waals surface area contributed by atoms with E-state index < -0.39 is 17.6 Å². The van der Waals surface area contributed by atoms with Gasteiger partial charge in [-0.2, -0.15) is 0 Å². The zero-order valence-corrected chi connectivity index (χ0v) is 14.5. The first-order valence-electron chi connectivity index (χ1n) is 8.77. The van der Waals surface area contributed by atoms with Gasteiger partial charge in [0.15, 0.2) is 0 Å². The molecule has 26 heavy (non-hydrogen) atoms. The number of urea groups is 1. The van der Waals surface area contributed by atoms with Crippen molar-refractivity contribution >= 4 is 18.1 Å². The van der Waals surface area contributed by atoms with Gasteiger partial charge in [0, 0.05) is 26.2 Å². The Bertz CT molecular complexity index is 671. The van der Waals surface area contributed by atoms with Crippen LogP contribution in [0.1, 0.15) is 24.8 Å². The van der Waals surface area contributed by atoms with Gasteiger partial charge in [0.2, 0.25) is 0 Å². The molecular formula is C18H23N3O5. The molecular weight excluding hydrogens is 338 g/mol. The molecule has 3 amide bonds. The highest BCUT2D eigenvalue weighted by molar-refractivity contribution is 5.87. The molecule has 2 aliphatic heterocycles. The Labute approximate surface area is 151 Å². The van der Waals surface area contributed by atoms with E-state index in [1.807, 2.05) is 30.3 Å². The molecule has 1 aromatic carbocycles. The highest BCUT2D eigenvalue weighted by Crippen LogP contribution is 2.31. The number of nitrogens with zero attached hydrogens (tertiary/aromatic N) is 2. The summed E-state index contributed by atoms with van der Waals surface area (Å²) in [7, 11) is 0. The first-order chi connectivity index (χ1) is 12.5. The molecule has 0 spiro atoms. The second kappa shape index (κ2) is 7.63. The summed E-state index contributed by atoms with van der Waals surface area (Å²) in [6, 6.07) is 9.02. The van der Waals surface area contributed by atoms with Gasteiger partial charge in [-0.15, -0.1) is 0 Å². The lowest BCUT2D eigenvalue weighted by molar-refractivity contribution is -0.153. The van der Waals surface area contributed by atoms with E-state index in [0.29, 0.717) is 19.5 Å². The van der Waals surface area contributed by atoms with Crippen molar-refractivity contribution < 1.29 is 24.2 Å². The average molecular weight is 361 g/mol. The van der Waals surface area contributed by atoms with Crippen LogP contribution in [-0.2, 0) is 16.1 Å². The first kappa shape index (κ1) is 18.0. The maximum absolute atomic E-state index is 12.3. The van der Waals surface area contributed by atoms with Crippen LogP contribution in [0.2, 0.25) is 0 Å². The van der Waals surface area contributed by atoms with E-state index >= 15 is 0 Å². The number of hydrogen-bond donors (Lipinski definition) is 2. The molecule has 8 heteroatoms. The molecule has 2 saturated heterocycles. The van der Waals surface area contributed by atoms with Crippen molar-refractivity contribution in [1.29, 1.82) is 0 Å². The van der Waals surface area contributed by atoms with Gasteiger partial charge in [-0.05, 0) is 24.8 Å². The van der Waals surface area contributed by atoms with Gasteiger partial charge in [0.05, 0.1) is 0 Å². The minimum absolute atomic E-state index is 0.175. The third-order valence-electron chi connectivity index (χ3n) is 5.05. The van der Waals surface area contributed by atoms with Crippen LogP contribution in [0.15, 0.2) is 30.3 Å². The van der Waals surface area contributed by atoms with E-state index in [4.69, 9.17) is 4.74 Å². The van der Waals surface area contributed by atoms with Crippen LogP contribution in [0.25, 0.3) is 0 Å². The van der Waals surface area contributed by atoms with E-state index in [9.17, 15) is 19.5 Å². The lowest BCUT2D eigenvalue weighted by atomic mass is 9.85. The number of aliphatic carboxylic acids is 1. The number of nitrogens with one attached hydrogen (secondary N) is 1. The predicted molar refractivity (Wildman–Crippen MR) is 92.5 cm³/mol. The number of rotatable bonds is 4. The minimum atomic E-state index is -1.26. The normalized spacial score (nSPS) is 19.6. The minimum Gasteiger partial charge on any atom is -0.479 e. The molecule has 0 aliphatic carbocycles. The summed E-state index contributed by atoms with van der Waals surface area (Å²) < 4.78 is 5.31. The van der Waals surface area contributed by atoms with Gasteiger partial charge >= 0.3 is 18.1 Å². The van der Waals surface area contributed by atoms with Gasteiger partial charge < -0.3 is 25.0 Å². The Morgan fingerprint density at radius 1 is 1.15 bits per heavy atom. The standard InChI is InChI=1S/C18H23N3O5/c22-15(23)18(21-10-4-9-19-16(21)24)7-11-20(12-8-18)17(25)26-13-14-5-2-1-3-6-14/h1-3,5-6H,4,7-13H2,(H,19,24)(H,22,23). The van der Waals surface area contributed by atoms with E-state index in [2.05, 4.69) is 5.32 Å². The van der Waals surface area contributed by atoms with Crippen molar-refractivity contribution in [1.82, 2.24) is 15.1 Å². The number of ether oxygens (including phenoxy) is 1. The fourth-order valence-corrected chi connectivity index (χ4v) is 3.51. The van der Waals surface area contributed by atoms with Crippen molar-refractivity contribution in [2.75, 3.05) is 26.2 Å². The van der Waals surface area contributed by atoms with Crippen molar-refractivity contribution in [3.05, 3.63) is 35.9 Å². The SMILES string of the molecule is O=C(OCc1ccccc1)N1CCC(C(=O)O)(N2CCCNC2=O)CC1. The average Bonchev–Trinajstić information content (AvgIpc) is 2.67. The number of benzene rings is 1. The number of piperidine rings is 1. The summed E-state index contributed by atoms with van der Waals surface area (Å²) in [4.78, 5) is 39.2. The van der Waals surface area contributed by atoms with Gasteiger partial charge in [-0.1, -0.05) is 30.3 Å². The molecule has 0 radical (unpaired) electrons. The first-order valence-corrected chi connectivity index (χ1v) is 8.77. The Hall–Kier alpha value is -2.77. The predicted octanol–water partition coefficient (Wildman–Crippen LogP) is 1.66. The lowest BCUT2D eigenvalue weighted by Crippen LogP contribution is -2.65. The third-order valence-corrected chi connectivity index (χ3v) is 5.05. The number of hydrogen-bond acceptors (Lipinski definition) is 4. The van der Waals surface area contributed by atoms with Crippen LogP contribution in [-0.4, -0.2) is 64.7 Å². The number of amides is 3. The zero-order chi connectivity index (χ0) is 18.6. The monoisotopic (exact) mass is 361 g/mol. The van der Waals surface area contributed by atoms with Crippen LogP contribution in [0.3, 0.4) is 0 Å². The third kappa shape index (κ3) is 3.58. The summed E-state index contributed by atoms with van der Waals surface area (Å²) in [5, 5.41) is 12.5. The lowest BCUT2D eigenvalue weighted by Gasteiger charge is -2.46. The summed E-state index contributed by atoms with van der Waals surface area (Å²) in [5.41, 5.74) is -0.372. The Morgan fingerprint density at radius 3 is 2.46 bits per heavy atom. The van der Waals surface area contributed by atoms with E-state index in [1.165, 1.54) is 9.80 Å². The van der Waals surface area contributed by atoms with Crippen molar-refractivity contribution in [3.8, 4) is 0 Å². The molecule has 3 rings (SSSR count). The maximum atomic E-state index is 12.3. The van der Waals surface area contributed by atoms with Gasteiger partial charge in [-0.3, -0.25) is 0 Å². The van der Waals surface area contributed by atoms with Crippen molar-refractivity contribution in [2.45, 2.75) is 31.4 Å². The molecule has 0 saturated carbocycles. The summed E-state index contributed by atoms with van der Waals surface area (Å²) >= 11 is 0. The Kier molecular flexibility index (Phi) is 5.29. The van der Waals surface area contributed by atoms with Crippen LogP contribution < -0.4 is 5.32 Å². The van der Waals surface area contributed by atoms with E-state index in [0.717, 1.165) is 5.56 Å². The van der Waals surface area contributed by atoms with Crippen LogP contribution in [0, 0.1) is 0 Å². The number of carboxylic acids is 1. The molecule has 2 aliphatic rings. The summed E-state index contributed by atoms with van der Waals surface area (Å²) in [6.07, 6.45) is 0.631. The number of likely N-dealkylation sites (tertiary alicyclic amines) is 1. The topological polar surface area (TPSA) is 99.2 Å². The number of carboxylic acid groups (broad SMARTS) is 1.